The van der Waals surface area contributed by atoms with Crippen molar-refractivity contribution in [2.45, 2.75) is 6.92 Å². The molecule has 0 unspecified atom stereocenters. The quantitative estimate of drug-likeness (QED) is 0.730. The van der Waals surface area contributed by atoms with Crippen LogP contribution in [0.25, 0.3) is 0 Å². The highest BCUT2D eigenvalue weighted by Gasteiger charge is 2.16. The molecule has 1 aromatic rings. The lowest BCUT2D eigenvalue weighted by Gasteiger charge is -2.34. The van der Waals surface area contributed by atoms with Gasteiger partial charge in [-0.25, -0.2) is 0 Å². The van der Waals surface area contributed by atoms with Gasteiger partial charge in [0.15, 0.2) is 0 Å². The van der Waals surface area contributed by atoms with E-state index in [1.165, 1.54) is 5.57 Å². The Bertz CT molecular complexity index is 383. The van der Waals surface area contributed by atoms with Crippen molar-refractivity contribution < 1.29 is 4.74 Å². The third-order valence-corrected chi connectivity index (χ3v) is 3.38. The molecule has 0 saturated carbocycles. The molecule has 0 aromatic heterocycles. The van der Waals surface area contributed by atoms with E-state index in [1.54, 1.807) is 0 Å². The lowest BCUT2D eigenvalue weighted by molar-refractivity contribution is 0.123. The molecule has 0 bridgehead atoms. The van der Waals surface area contributed by atoms with Crippen LogP contribution in [0.2, 0.25) is 0 Å². The van der Waals surface area contributed by atoms with E-state index < -0.39 is 0 Å². The summed E-state index contributed by atoms with van der Waals surface area (Å²) in [6.45, 7) is 13.4. The van der Waals surface area contributed by atoms with E-state index >= 15 is 0 Å². The number of benzene rings is 1. The first-order valence-corrected chi connectivity index (χ1v) is 7.01. The second kappa shape index (κ2) is 7.31. The van der Waals surface area contributed by atoms with E-state index in [-0.39, 0.29) is 0 Å². The molecule has 104 valence electrons. The second-order valence-corrected chi connectivity index (χ2v) is 5.24. The molecule has 3 nitrogen and oxygen atoms in total. The van der Waals surface area contributed by atoms with Crippen LogP contribution in [0.4, 0.5) is 0 Å². The Balaban J connectivity index is 1.62. The average Bonchev–Trinajstić information content (AvgIpc) is 2.41. The number of hydrogen-bond acceptors (Lipinski definition) is 3. The first kappa shape index (κ1) is 14.1. The van der Waals surface area contributed by atoms with Crippen LogP contribution < -0.4 is 4.74 Å². The summed E-state index contributed by atoms with van der Waals surface area (Å²) in [7, 11) is 0. The third-order valence-electron chi connectivity index (χ3n) is 3.38. The van der Waals surface area contributed by atoms with E-state index in [1.807, 2.05) is 30.3 Å². The highest BCUT2D eigenvalue weighted by Crippen LogP contribution is 2.09. The van der Waals surface area contributed by atoms with E-state index in [0.29, 0.717) is 0 Å². The number of hydrogen-bond donors (Lipinski definition) is 0. The van der Waals surface area contributed by atoms with E-state index in [9.17, 15) is 0 Å². The zero-order valence-corrected chi connectivity index (χ0v) is 11.8. The second-order valence-electron chi connectivity index (χ2n) is 5.24. The van der Waals surface area contributed by atoms with Gasteiger partial charge in [0.25, 0.3) is 0 Å². The fraction of sp³-hybridized carbons (Fsp3) is 0.500. The lowest BCUT2D eigenvalue weighted by atomic mass is 10.2. The van der Waals surface area contributed by atoms with Gasteiger partial charge in [0.05, 0.1) is 0 Å². The van der Waals surface area contributed by atoms with Gasteiger partial charge in [0.1, 0.15) is 12.4 Å². The topological polar surface area (TPSA) is 15.7 Å². The first-order chi connectivity index (χ1) is 9.24. The van der Waals surface area contributed by atoms with Gasteiger partial charge in [-0.05, 0) is 19.1 Å². The molecular weight excluding hydrogens is 236 g/mol. The maximum atomic E-state index is 5.73. The van der Waals surface area contributed by atoms with E-state index in [0.717, 1.165) is 51.6 Å². The summed E-state index contributed by atoms with van der Waals surface area (Å²) in [6, 6.07) is 10.0. The Morgan fingerprint density at radius 3 is 2.37 bits per heavy atom. The Morgan fingerprint density at radius 1 is 1.11 bits per heavy atom. The Morgan fingerprint density at radius 2 is 1.74 bits per heavy atom. The molecule has 1 aliphatic heterocycles. The summed E-state index contributed by atoms with van der Waals surface area (Å²) in [5.74, 6) is 0.961. The monoisotopic (exact) mass is 260 g/mol. The van der Waals surface area contributed by atoms with Gasteiger partial charge in [0.2, 0.25) is 0 Å². The molecule has 19 heavy (non-hydrogen) atoms. The van der Waals surface area contributed by atoms with Crippen molar-refractivity contribution in [3.8, 4) is 5.75 Å². The maximum Gasteiger partial charge on any atom is 0.119 e. The van der Waals surface area contributed by atoms with Crippen LogP contribution in [0.15, 0.2) is 42.5 Å². The van der Waals surface area contributed by atoms with Gasteiger partial charge in [-0.15, -0.1) is 0 Å². The predicted molar refractivity (Wildman–Crippen MR) is 79.6 cm³/mol. The van der Waals surface area contributed by atoms with Gasteiger partial charge >= 0.3 is 0 Å². The molecule has 0 N–H and O–H groups in total. The normalized spacial score (nSPS) is 17.3. The molecule has 1 aliphatic rings. The van der Waals surface area contributed by atoms with Crippen molar-refractivity contribution in [3.63, 3.8) is 0 Å². The summed E-state index contributed by atoms with van der Waals surface area (Å²) in [6.07, 6.45) is 0. The first-order valence-electron chi connectivity index (χ1n) is 7.01. The number of nitrogens with zero attached hydrogens (tertiary/aromatic N) is 2. The maximum absolute atomic E-state index is 5.73. The van der Waals surface area contributed by atoms with Crippen molar-refractivity contribution in [1.82, 2.24) is 9.80 Å². The van der Waals surface area contributed by atoms with Crippen molar-refractivity contribution in [1.29, 1.82) is 0 Å². The molecule has 0 aliphatic carbocycles. The van der Waals surface area contributed by atoms with E-state index in [4.69, 9.17) is 4.74 Å². The number of para-hydroxylation sites is 1. The lowest BCUT2D eigenvalue weighted by Crippen LogP contribution is -2.47. The fourth-order valence-corrected chi connectivity index (χ4v) is 2.36. The van der Waals surface area contributed by atoms with Gasteiger partial charge in [-0.3, -0.25) is 9.80 Å². The largest absolute Gasteiger partial charge is 0.492 e. The van der Waals surface area contributed by atoms with Crippen molar-refractivity contribution in [2.75, 3.05) is 45.9 Å². The molecule has 0 spiro atoms. The zero-order valence-electron chi connectivity index (χ0n) is 11.8. The highest BCUT2D eigenvalue weighted by atomic mass is 16.5. The van der Waals surface area contributed by atoms with Crippen molar-refractivity contribution in [3.05, 3.63) is 42.5 Å². The van der Waals surface area contributed by atoms with Crippen LogP contribution in [0.3, 0.4) is 0 Å². The Labute approximate surface area is 116 Å². The van der Waals surface area contributed by atoms with Crippen LogP contribution in [-0.4, -0.2) is 55.7 Å². The number of ether oxygens (including phenoxy) is 1. The summed E-state index contributed by atoms with van der Waals surface area (Å²) >= 11 is 0. The minimum absolute atomic E-state index is 0.768. The minimum Gasteiger partial charge on any atom is -0.492 e. The van der Waals surface area contributed by atoms with Crippen LogP contribution >= 0.6 is 0 Å². The molecule has 0 atom stereocenters. The van der Waals surface area contributed by atoms with Crippen LogP contribution in [-0.2, 0) is 0 Å². The minimum atomic E-state index is 0.768. The van der Waals surface area contributed by atoms with Crippen molar-refractivity contribution >= 4 is 0 Å². The number of rotatable bonds is 6. The number of piperazine rings is 1. The predicted octanol–water partition coefficient (Wildman–Crippen LogP) is 2.26. The van der Waals surface area contributed by atoms with Gasteiger partial charge in [-0.1, -0.05) is 30.4 Å². The molecule has 0 radical (unpaired) electrons. The molecule has 2 rings (SSSR count). The average molecular weight is 260 g/mol. The highest BCUT2D eigenvalue weighted by molar-refractivity contribution is 5.20. The molecule has 1 heterocycles. The van der Waals surface area contributed by atoms with Gasteiger partial charge in [0, 0.05) is 39.3 Å². The molecular formula is C16H24N2O. The van der Waals surface area contributed by atoms with E-state index in [2.05, 4.69) is 23.3 Å². The molecule has 1 saturated heterocycles. The van der Waals surface area contributed by atoms with Gasteiger partial charge < -0.3 is 4.74 Å². The Kier molecular flexibility index (Phi) is 5.43. The summed E-state index contributed by atoms with van der Waals surface area (Å²) in [5.41, 5.74) is 1.25. The smallest absolute Gasteiger partial charge is 0.119 e. The molecule has 1 fully saturated rings. The molecule has 0 amide bonds. The fourth-order valence-electron chi connectivity index (χ4n) is 2.36. The summed E-state index contributed by atoms with van der Waals surface area (Å²) < 4.78 is 5.73. The standard InChI is InChI=1S/C16H24N2O/c1-15(2)14-18-10-8-17(9-11-18)12-13-19-16-6-4-3-5-7-16/h3-7H,1,8-14H2,2H3. The summed E-state index contributed by atoms with van der Waals surface area (Å²) in [4.78, 5) is 4.94. The van der Waals surface area contributed by atoms with Crippen molar-refractivity contribution in [2.24, 2.45) is 0 Å². The van der Waals surface area contributed by atoms with Crippen LogP contribution in [0.1, 0.15) is 6.92 Å². The molecule has 1 aromatic carbocycles. The van der Waals surface area contributed by atoms with Crippen LogP contribution in [0, 0.1) is 0 Å². The zero-order chi connectivity index (χ0) is 13.5. The molecule has 3 heteroatoms. The summed E-state index contributed by atoms with van der Waals surface area (Å²) in [5, 5.41) is 0. The SMILES string of the molecule is C=C(C)CN1CCN(CCOc2ccccc2)CC1. The third kappa shape index (κ3) is 5.05. The van der Waals surface area contributed by atoms with Gasteiger partial charge in [-0.2, -0.15) is 0 Å². The van der Waals surface area contributed by atoms with Crippen LogP contribution in [0.5, 0.6) is 5.75 Å². The Hall–Kier alpha value is -1.32.